The number of thioether (sulfide) groups is 1. The average molecular weight is 436 g/mol. The number of carbonyl (C=O) groups is 1. The molecule has 1 amide bonds. The number of aromatic nitrogens is 3. The molecule has 2 heterocycles. The van der Waals surface area contributed by atoms with Crippen molar-refractivity contribution in [3.05, 3.63) is 76.5 Å². The SMILES string of the molecule is CCSc1nc2n(n1)C(c1ccc(OCc3ccccc3C)cc1)C(C(N)=O)=C(C)N2. The van der Waals surface area contributed by atoms with E-state index in [-0.39, 0.29) is 0 Å². The highest BCUT2D eigenvalue weighted by atomic mass is 32.2. The van der Waals surface area contributed by atoms with Crippen LogP contribution in [0.4, 0.5) is 5.95 Å². The Balaban J connectivity index is 1.62. The van der Waals surface area contributed by atoms with Gasteiger partial charge in [-0.3, -0.25) is 4.79 Å². The maximum atomic E-state index is 12.3. The number of rotatable bonds is 7. The van der Waals surface area contributed by atoms with Crippen molar-refractivity contribution in [2.45, 2.75) is 38.6 Å². The first kappa shape index (κ1) is 21.0. The molecule has 7 nitrogen and oxygen atoms in total. The highest BCUT2D eigenvalue weighted by Crippen LogP contribution is 2.36. The molecule has 31 heavy (non-hydrogen) atoms. The summed E-state index contributed by atoms with van der Waals surface area (Å²) in [4.78, 5) is 16.8. The summed E-state index contributed by atoms with van der Waals surface area (Å²) < 4.78 is 7.69. The molecular formula is C23H25N5O2S. The van der Waals surface area contributed by atoms with E-state index in [1.807, 2.05) is 50.2 Å². The van der Waals surface area contributed by atoms with Crippen molar-refractivity contribution in [3.8, 4) is 5.75 Å². The predicted molar refractivity (Wildman–Crippen MR) is 122 cm³/mol. The van der Waals surface area contributed by atoms with E-state index in [1.165, 1.54) is 5.56 Å². The average Bonchev–Trinajstić information content (AvgIpc) is 3.14. The van der Waals surface area contributed by atoms with E-state index in [0.29, 0.717) is 29.0 Å². The van der Waals surface area contributed by atoms with Gasteiger partial charge in [0.1, 0.15) is 18.4 Å². The first-order valence-electron chi connectivity index (χ1n) is 10.1. The zero-order chi connectivity index (χ0) is 22.0. The topological polar surface area (TPSA) is 95.1 Å². The Labute approximate surface area is 185 Å². The fraction of sp³-hybridized carbons (Fsp3) is 0.261. The zero-order valence-electron chi connectivity index (χ0n) is 17.8. The number of ether oxygens (including phenoxy) is 1. The van der Waals surface area contributed by atoms with Crippen LogP contribution in [0.1, 0.15) is 36.6 Å². The van der Waals surface area contributed by atoms with E-state index in [1.54, 1.807) is 16.4 Å². The number of primary amides is 1. The van der Waals surface area contributed by atoms with E-state index in [4.69, 9.17) is 10.5 Å². The van der Waals surface area contributed by atoms with Gasteiger partial charge in [-0.15, -0.1) is 5.10 Å². The lowest BCUT2D eigenvalue weighted by molar-refractivity contribution is -0.115. The van der Waals surface area contributed by atoms with Gasteiger partial charge < -0.3 is 15.8 Å². The van der Waals surface area contributed by atoms with Crippen LogP contribution in [-0.4, -0.2) is 26.4 Å². The van der Waals surface area contributed by atoms with Crippen LogP contribution in [-0.2, 0) is 11.4 Å². The van der Waals surface area contributed by atoms with E-state index in [2.05, 4.69) is 34.5 Å². The molecule has 3 aromatic rings. The second-order valence-corrected chi connectivity index (χ2v) is 8.54. The standard InChI is InChI=1S/C23H25N5O2S/c1-4-31-23-26-22-25-15(3)19(21(24)29)20(28(22)27-23)16-9-11-18(12-10-16)30-13-17-8-6-5-7-14(17)2/h5-12,20H,4,13H2,1-3H3,(H2,24,29)(H,25,26,27). The Morgan fingerprint density at radius 2 is 1.94 bits per heavy atom. The second kappa shape index (κ2) is 8.85. The number of hydrogen-bond donors (Lipinski definition) is 2. The number of aryl methyl sites for hydroxylation is 1. The Kier molecular flexibility index (Phi) is 5.99. The number of benzene rings is 2. The van der Waals surface area contributed by atoms with Crippen LogP contribution in [0.2, 0.25) is 0 Å². The molecule has 1 aliphatic rings. The summed E-state index contributed by atoms with van der Waals surface area (Å²) >= 11 is 1.55. The molecular weight excluding hydrogens is 410 g/mol. The molecule has 8 heteroatoms. The van der Waals surface area contributed by atoms with Crippen LogP contribution >= 0.6 is 11.8 Å². The quantitative estimate of drug-likeness (QED) is 0.544. The van der Waals surface area contributed by atoms with Gasteiger partial charge in [0.2, 0.25) is 17.0 Å². The number of amides is 1. The number of hydrogen-bond acceptors (Lipinski definition) is 6. The Morgan fingerprint density at radius 3 is 2.61 bits per heavy atom. The molecule has 0 saturated heterocycles. The molecule has 0 saturated carbocycles. The van der Waals surface area contributed by atoms with Crippen molar-refractivity contribution < 1.29 is 9.53 Å². The molecule has 0 spiro atoms. The Bertz CT molecular complexity index is 1140. The maximum Gasteiger partial charge on any atom is 0.248 e. The summed E-state index contributed by atoms with van der Waals surface area (Å²) in [6.07, 6.45) is 0. The predicted octanol–water partition coefficient (Wildman–Crippen LogP) is 4.05. The van der Waals surface area contributed by atoms with Gasteiger partial charge in [0, 0.05) is 5.70 Å². The van der Waals surface area contributed by atoms with Gasteiger partial charge in [0.05, 0.1) is 5.57 Å². The number of nitrogens with one attached hydrogen (secondary N) is 1. The van der Waals surface area contributed by atoms with Crippen molar-refractivity contribution in [1.29, 1.82) is 0 Å². The number of anilines is 1. The van der Waals surface area contributed by atoms with Gasteiger partial charge in [-0.2, -0.15) is 4.98 Å². The third-order valence-corrected chi connectivity index (χ3v) is 5.94. The molecule has 3 N–H and O–H groups in total. The smallest absolute Gasteiger partial charge is 0.248 e. The monoisotopic (exact) mass is 435 g/mol. The molecule has 0 aliphatic carbocycles. The molecule has 1 atom stereocenters. The van der Waals surface area contributed by atoms with Crippen molar-refractivity contribution in [1.82, 2.24) is 14.8 Å². The molecule has 2 aromatic carbocycles. The number of nitrogens with two attached hydrogens (primary N) is 1. The minimum absolute atomic E-state index is 0.446. The fourth-order valence-corrected chi connectivity index (χ4v) is 4.18. The molecule has 1 aliphatic heterocycles. The number of nitrogens with zero attached hydrogens (tertiary/aromatic N) is 3. The van der Waals surface area contributed by atoms with E-state index in [0.717, 1.165) is 22.6 Å². The van der Waals surface area contributed by atoms with Gasteiger partial charge in [-0.1, -0.05) is 55.1 Å². The Morgan fingerprint density at radius 1 is 1.19 bits per heavy atom. The molecule has 0 radical (unpaired) electrons. The highest BCUT2D eigenvalue weighted by Gasteiger charge is 2.33. The lowest BCUT2D eigenvalue weighted by Crippen LogP contribution is -2.31. The first-order valence-corrected chi connectivity index (χ1v) is 11.1. The lowest BCUT2D eigenvalue weighted by atomic mass is 9.95. The molecule has 1 aromatic heterocycles. The largest absolute Gasteiger partial charge is 0.489 e. The van der Waals surface area contributed by atoms with Gasteiger partial charge in [-0.05, 0) is 48.4 Å². The van der Waals surface area contributed by atoms with Gasteiger partial charge in [0.25, 0.3) is 0 Å². The van der Waals surface area contributed by atoms with Crippen LogP contribution in [0.3, 0.4) is 0 Å². The Hall–Kier alpha value is -3.26. The number of fused-ring (bicyclic) bond motifs is 1. The van der Waals surface area contributed by atoms with Crippen LogP contribution in [0.25, 0.3) is 0 Å². The van der Waals surface area contributed by atoms with Gasteiger partial charge >= 0.3 is 0 Å². The molecule has 0 bridgehead atoms. The molecule has 0 fully saturated rings. The highest BCUT2D eigenvalue weighted by molar-refractivity contribution is 7.99. The van der Waals surface area contributed by atoms with Gasteiger partial charge in [-0.25, -0.2) is 4.68 Å². The van der Waals surface area contributed by atoms with Gasteiger partial charge in [0.15, 0.2) is 0 Å². The summed E-state index contributed by atoms with van der Waals surface area (Å²) in [5, 5.41) is 8.42. The van der Waals surface area contributed by atoms with Crippen LogP contribution in [0.15, 0.2) is 65.0 Å². The summed E-state index contributed by atoms with van der Waals surface area (Å²) in [6.45, 7) is 6.44. The third-order valence-electron chi connectivity index (χ3n) is 5.22. The summed E-state index contributed by atoms with van der Waals surface area (Å²) in [7, 11) is 0. The van der Waals surface area contributed by atoms with E-state index >= 15 is 0 Å². The van der Waals surface area contributed by atoms with Crippen molar-refractivity contribution >= 4 is 23.6 Å². The van der Waals surface area contributed by atoms with Crippen LogP contribution in [0.5, 0.6) is 5.75 Å². The molecule has 1 unspecified atom stereocenters. The van der Waals surface area contributed by atoms with E-state index < -0.39 is 11.9 Å². The second-order valence-electron chi connectivity index (χ2n) is 7.31. The zero-order valence-corrected chi connectivity index (χ0v) is 18.6. The number of allylic oxidation sites excluding steroid dienone is 1. The fourth-order valence-electron chi connectivity index (χ4n) is 3.63. The lowest BCUT2D eigenvalue weighted by Gasteiger charge is -2.27. The maximum absolute atomic E-state index is 12.3. The third kappa shape index (κ3) is 4.29. The summed E-state index contributed by atoms with van der Waals surface area (Å²) in [5.41, 5.74) is 10.1. The van der Waals surface area contributed by atoms with Crippen LogP contribution in [0, 0.1) is 6.92 Å². The molecule has 160 valence electrons. The van der Waals surface area contributed by atoms with Crippen molar-refractivity contribution in [3.63, 3.8) is 0 Å². The summed E-state index contributed by atoms with van der Waals surface area (Å²) in [6, 6.07) is 15.4. The normalized spacial score (nSPS) is 15.4. The van der Waals surface area contributed by atoms with E-state index in [9.17, 15) is 4.79 Å². The van der Waals surface area contributed by atoms with Crippen LogP contribution < -0.4 is 15.8 Å². The molecule has 4 rings (SSSR count). The first-order chi connectivity index (χ1) is 15.0. The number of carbonyl (C=O) groups excluding carboxylic acids is 1. The minimum atomic E-state index is -0.485. The van der Waals surface area contributed by atoms with Crippen molar-refractivity contribution in [2.75, 3.05) is 11.1 Å². The minimum Gasteiger partial charge on any atom is -0.489 e. The van der Waals surface area contributed by atoms with Crippen molar-refractivity contribution in [2.24, 2.45) is 5.73 Å². The summed E-state index contributed by atoms with van der Waals surface area (Å²) in [5.74, 6) is 1.73.